The van der Waals surface area contributed by atoms with Crippen LogP contribution < -0.4 is 65.1 Å². The molecule has 0 aliphatic carbocycles. The number of hydrogen-bond donors (Lipinski definition) is 15. The third-order valence-electron chi connectivity index (χ3n) is 14.2. The fraction of sp³-hybridized carbons (Fsp3) is 0.508. The number of primary amides is 2. The van der Waals surface area contributed by atoms with Gasteiger partial charge in [0.1, 0.15) is 65.6 Å². The molecule has 18 N–H and O–H groups in total. The lowest BCUT2D eigenvalue weighted by Crippen LogP contribution is -2.61. The first-order valence-corrected chi connectivity index (χ1v) is 28.3. The van der Waals surface area contributed by atoms with E-state index in [4.69, 9.17) is 17.2 Å². The van der Waals surface area contributed by atoms with E-state index in [2.05, 4.69) is 47.9 Å². The average molecular weight is 1190 g/mol. The quantitative estimate of drug-likeness (QED) is 0.0353. The molecular formula is C59H86N12O14. The third-order valence-corrected chi connectivity index (χ3v) is 14.2. The molecule has 85 heavy (non-hydrogen) atoms. The number of aromatic hydroxyl groups is 3. The first-order valence-electron chi connectivity index (χ1n) is 28.3. The van der Waals surface area contributed by atoms with E-state index in [-0.39, 0.29) is 54.8 Å². The molecule has 3 rings (SSSR count). The lowest BCUT2D eigenvalue weighted by atomic mass is 9.96. The molecule has 3 aromatic rings. The molecule has 0 heterocycles. The van der Waals surface area contributed by atoms with Crippen molar-refractivity contribution in [1.29, 1.82) is 0 Å². The molecule has 0 aliphatic rings. The van der Waals surface area contributed by atoms with Gasteiger partial charge in [-0.2, -0.15) is 0 Å². The van der Waals surface area contributed by atoms with Crippen molar-refractivity contribution < 1.29 is 68.1 Å². The maximum Gasteiger partial charge on any atom is 0.243 e. The van der Waals surface area contributed by atoms with Crippen molar-refractivity contribution in [2.45, 2.75) is 162 Å². The Morgan fingerprint density at radius 2 is 0.824 bits per heavy atom. The lowest BCUT2D eigenvalue weighted by Gasteiger charge is -2.29. The van der Waals surface area contributed by atoms with Crippen LogP contribution in [0.15, 0.2) is 72.8 Å². The van der Waals surface area contributed by atoms with E-state index in [1.54, 1.807) is 72.7 Å². The number of nitrogens with two attached hydrogens (primary N) is 3. The van der Waals surface area contributed by atoms with Gasteiger partial charge < -0.3 is 80.4 Å². The van der Waals surface area contributed by atoms with Crippen molar-refractivity contribution in [2.24, 2.45) is 40.9 Å². The second-order valence-electron chi connectivity index (χ2n) is 22.1. The molecule has 3 aromatic carbocycles. The van der Waals surface area contributed by atoms with Crippen molar-refractivity contribution in [3.05, 3.63) is 89.5 Å². The minimum absolute atomic E-state index is 0.0111. The van der Waals surface area contributed by atoms with Crippen LogP contribution in [0.3, 0.4) is 0 Å². The van der Waals surface area contributed by atoms with Gasteiger partial charge in [0.2, 0.25) is 65.0 Å². The first kappa shape index (κ1) is 70.5. The smallest absolute Gasteiger partial charge is 0.243 e. The summed E-state index contributed by atoms with van der Waals surface area (Å²) in [4.78, 5) is 149. The highest BCUT2D eigenvalue weighted by molar-refractivity contribution is 5.99. The van der Waals surface area contributed by atoms with Crippen molar-refractivity contribution in [3.8, 4) is 17.2 Å². The standard InChI is InChI=1S/C59H86N12O14/c1-10-32(7)48(61)57(83)68-43(26-36-14-20-39(73)21-15-36)54(80)66-42(24-30(3)4)53(79)63-29-47(76)64-34(9)52(78)70-49(31(5)6)58(84)69-45(28-46(60)75)55(81)67-44(27-37-16-22-40(74)23-17-37)56(82)71-50(33(8)11-2)59(85)65-41(51(62)77)25-35-12-18-38(72)19-13-35/h12-23,30-34,41-45,48-50,72-74H,10-11,24-29,61H2,1-9H3,(H2,60,75)(H2,62,77)(H,63,79)(H,64,76)(H,65,85)(H,66,80)(H,67,81)(H,68,83)(H,69,84)(H,70,78)(H,71,82)/t32-,33-,34-,41-,42-,43-,44-,45-,48-,49-,50-/m0/s1. The van der Waals surface area contributed by atoms with Gasteiger partial charge in [-0.3, -0.25) is 52.7 Å². The second kappa shape index (κ2) is 34.1. The molecule has 0 fully saturated rings. The Balaban J connectivity index is 1.76. The van der Waals surface area contributed by atoms with Crippen LogP contribution in [0, 0.1) is 23.7 Å². The number of hydrogen-bond acceptors (Lipinski definition) is 15. The number of carbonyl (C=O) groups is 11. The van der Waals surface area contributed by atoms with Gasteiger partial charge >= 0.3 is 0 Å². The van der Waals surface area contributed by atoms with Crippen LogP contribution in [0.1, 0.15) is 105 Å². The zero-order valence-electron chi connectivity index (χ0n) is 49.7. The minimum Gasteiger partial charge on any atom is -0.508 e. The summed E-state index contributed by atoms with van der Waals surface area (Å²) in [5.74, 6) is -11.2. The number of benzene rings is 3. The number of phenolic OH excluding ortho intramolecular Hbond substituents is 3. The summed E-state index contributed by atoms with van der Waals surface area (Å²) < 4.78 is 0. The Morgan fingerprint density at radius 1 is 0.435 bits per heavy atom. The predicted octanol–water partition coefficient (Wildman–Crippen LogP) is -0.672. The van der Waals surface area contributed by atoms with Crippen LogP contribution in [0.25, 0.3) is 0 Å². The highest BCUT2D eigenvalue weighted by atomic mass is 16.3. The Morgan fingerprint density at radius 3 is 1.26 bits per heavy atom. The fourth-order valence-electron chi connectivity index (χ4n) is 8.62. The van der Waals surface area contributed by atoms with Crippen molar-refractivity contribution in [3.63, 3.8) is 0 Å². The van der Waals surface area contributed by atoms with Gasteiger partial charge in [-0.25, -0.2) is 0 Å². The van der Waals surface area contributed by atoms with Gasteiger partial charge in [0, 0.05) is 19.3 Å². The molecule has 466 valence electrons. The maximum atomic E-state index is 14.3. The van der Waals surface area contributed by atoms with Gasteiger partial charge in [-0.05, 0) is 90.1 Å². The van der Waals surface area contributed by atoms with E-state index in [1.807, 2.05) is 6.92 Å². The molecule has 0 saturated heterocycles. The van der Waals surface area contributed by atoms with E-state index in [9.17, 15) is 68.1 Å². The largest absolute Gasteiger partial charge is 0.508 e. The number of amides is 11. The van der Waals surface area contributed by atoms with Gasteiger partial charge in [-0.15, -0.1) is 0 Å². The van der Waals surface area contributed by atoms with E-state index in [0.717, 1.165) is 0 Å². The number of phenols is 3. The molecule has 0 aliphatic heterocycles. The van der Waals surface area contributed by atoms with Crippen LogP contribution in [0.2, 0.25) is 0 Å². The Hall–Kier alpha value is -8.81. The van der Waals surface area contributed by atoms with Crippen molar-refractivity contribution >= 4 is 65.0 Å². The van der Waals surface area contributed by atoms with Gasteiger partial charge in [-0.1, -0.05) is 105 Å². The fourth-order valence-corrected chi connectivity index (χ4v) is 8.62. The summed E-state index contributed by atoms with van der Waals surface area (Å²) >= 11 is 0. The lowest BCUT2D eigenvalue weighted by molar-refractivity contribution is -0.137. The minimum atomic E-state index is -1.75. The molecule has 0 bridgehead atoms. The molecule has 11 amide bonds. The van der Waals surface area contributed by atoms with E-state index in [1.165, 1.54) is 55.5 Å². The normalized spacial score (nSPS) is 15.1. The summed E-state index contributed by atoms with van der Waals surface area (Å²) in [5.41, 5.74) is 18.9. The van der Waals surface area contributed by atoms with Crippen molar-refractivity contribution in [1.82, 2.24) is 47.9 Å². The van der Waals surface area contributed by atoms with E-state index >= 15 is 0 Å². The summed E-state index contributed by atoms with van der Waals surface area (Å²) in [6.07, 6.45) is -0.0482. The Kier molecular flexibility index (Phi) is 28.3. The number of carbonyl (C=O) groups excluding carboxylic acids is 11. The summed E-state index contributed by atoms with van der Waals surface area (Å²) in [6.45, 7) is 14.4. The van der Waals surface area contributed by atoms with Crippen LogP contribution in [-0.4, -0.2) is 141 Å². The highest BCUT2D eigenvalue weighted by Crippen LogP contribution is 2.17. The monoisotopic (exact) mass is 1190 g/mol. The van der Waals surface area contributed by atoms with E-state index in [0.29, 0.717) is 29.5 Å². The molecule has 11 atom stereocenters. The van der Waals surface area contributed by atoms with Gasteiger partial charge in [0.15, 0.2) is 0 Å². The SMILES string of the molecule is CC[C@H](C)[C@H](N)C(=O)N[C@@H](Cc1ccc(O)cc1)C(=O)N[C@@H](CC(C)C)C(=O)NCC(=O)N[C@@H](C)C(=O)N[C@H](C(=O)N[C@@H](CC(N)=O)C(=O)N[C@@H](Cc1ccc(O)cc1)C(=O)N[C@H](C(=O)N[C@@H](Cc1ccc(O)cc1)C(N)=O)[C@@H](C)CC)C(C)C. The zero-order chi connectivity index (χ0) is 63.8. The number of nitrogens with one attached hydrogen (secondary N) is 9. The maximum absolute atomic E-state index is 14.3. The van der Waals surface area contributed by atoms with Crippen molar-refractivity contribution in [2.75, 3.05) is 6.54 Å². The second-order valence-corrected chi connectivity index (χ2v) is 22.1. The summed E-state index contributed by atoms with van der Waals surface area (Å²) in [5, 5.41) is 52.5. The van der Waals surface area contributed by atoms with Crippen LogP contribution in [0.4, 0.5) is 0 Å². The number of rotatable bonds is 34. The predicted molar refractivity (Wildman–Crippen MR) is 314 cm³/mol. The molecule has 0 unspecified atom stereocenters. The molecule has 0 spiro atoms. The van der Waals surface area contributed by atoms with Crippen LogP contribution >= 0.6 is 0 Å². The molecular weight excluding hydrogens is 1100 g/mol. The average Bonchev–Trinajstić information content (AvgIpc) is 3.61. The zero-order valence-corrected chi connectivity index (χ0v) is 49.7. The van der Waals surface area contributed by atoms with Crippen LogP contribution in [-0.2, 0) is 72.0 Å². The molecule has 0 radical (unpaired) electrons. The topological polar surface area (TPSA) is 435 Å². The Bertz CT molecular complexity index is 2780. The highest BCUT2D eigenvalue weighted by Gasteiger charge is 2.36. The molecule has 26 heteroatoms. The van der Waals surface area contributed by atoms with Crippen LogP contribution in [0.5, 0.6) is 17.2 Å². The molecule has 0 aromatic heterocycles. The van der Waals surface area contributed by atoms with E-state index < -0.39 is 144 Å². The summed E-state index contributed by atoms with van der Waals surface area (Å²) in [7, 11) is 0. The Labute approximate surface area is 495 Å². The van der Waals surface area contributed by atoms with Gasteiger partial charge in [0.05, 0.1) is 19.0 Å². The summed E-state index contributed by atoms with van der Waals surface area (Å²) in [6, 6.07) is 5.63. The molecule has 0 saturated carbocycles. The third kappa shape index (κ3) is 23.8. The van der Waals surface area contributed by atoms with Gasteiger partial charge in [0.25, 0.3) is 0 Å². The molecule has 26 nitrogen and oxygen atoms in total. The first-order chi connectivity index (χ1) is 39.9.